The molecule has 138 valence electrons. The molecular formula is C15H32IN3O3S. The average Bonchev–Trinajstić information content (AvgIpc) is 2.83. The summed E-state index contributed by atoms with van der Waals surface area (Å²) in [5.74, 6) is 1.55. The third kappa shape index (κ3) is 11.1. The van der Waals surface area contributed by atoms with Gasteiger partial charge in [-0.2, -0.15) is 0 Å². The monoisotopic (exact) mass is 461 g/mol. The van der Waals surface area contributed by atoms with E-state index in [1.54, 1.807) is 0 Å². The first-order valence-corrected chi connectivity index (χ1v) is 10.2. The molecule has 0 amide bonds. The van der Waals surface area contributed by atoms with Crippen molar-refractivity contribution in [2.75, 3.05) is 44.4 Å². The summed E-state index contributed by atoms with van der Waals surface area (Å²) in [7, 11) is -2.82. The highest BCUT2D eigenvalue weighted by molar-refractivity contribution is 14.0. The Balaban J connectivity index is 0.00000484. The molecule has 1 atom stereocenters. The lowest BCUT2D eigenvalue weighted by atomic mass is 10.1. The molecule has 1 saturated heterocycles. The largest absolute Gasteiger partial charge is 0.382 e. The van der Waals surface area contributed by atoms with Crippen molar-refractivity contribution in [3.63, 3.8) is 0 Å². The van der Waals surface area contributed by atoms with Crippen molar-refractivity contribution in [2.45, 2.75) is 39.5 Å². The van der Waals surface area contributed by atoms with Gasteiger partial charge in [0.05, 0.1) is 11.5 Å². The molecule has 0 aromatic rings. The van der Waals surface area contributed by atoms with Crippen LogP contribution >= 0.6 is 24.0 Å². The van der Waals surface area contributed by atoms with Gasteiger partial charge in [-0.3, -0.25) is 4.99 Å². The molecule has 1 rings (SSSR count). The Hall–Kier alpha value is -0.0900. The van der Waals surface area contributed by atoms with Crippen LogP contribution in [0.1, 0.15) is 39.5 Å². The van der Waals surface area contributed by atoms with Crippen LogP contribution in [0.5, 0.6) is 0 Å². The maximum Gasteiger partial charge on any atom is 0.191 e. The Morgan fingerprint density at radius 1 is 1.22 bits per heavy atom. The van der Waals surface area contributed by atoms with Gasteiger partial charge >= 0.3 is 0 Å². The molecule has 1 unspecified atom stereocenters. The minimum Gasteiger partial charge on any atom is -0.382 e. The molecule has 0 saturated carbocycles. The van der Waals surface area contributed by atoms with Crippen molar-refractivity contribution in [3.8, 4) is 0 Å². The summed E-state index contributed by atoms with van der Waals surface area (Å²) in [4.78, 5) is 4.55. The van der Waals surface area contributed by atoms with Gasteiger partial charge in [0, 0.05) is 32.8 Å². The van der Waals surface area contributed by atoms with E-state index in [0.29, 0.717) is 12.3 Å². The van der Waals surface area contributed by atoms with Gasteiger partial charge in [0.15, 0.2) is 15.8 Å². The molecule has 0 aliphatic carbocycles. The quantitative estimate of drug-likeness (QED) is 0.225. The normalized spacial score (nSPS) is 20.1. The van der Waals surface area contributed by atoms with Gasteiger partial charge in [-0.1, -0.05) is 13.3 Å². The van der Waals surface area contributed by atoms with Crippen molar-refractivity contribution in [2.24, 2.45) is 10.9 Å². The summed E-state index contributed by atoms with van der Waals surface area (Å²) >= 11 is 0. The van der Waals surface area contributed by atoms with E-state index in [1.165, 1.54) is 0 Å². The molecule has 1 aliphatic rings. The zero-order valence-corrected chi connectivity index (χ0v) is 17.5. The Labute approximate surface area is 158 Å². The fourth-order valence-corrected chi connectivity index (χ4v) is 4.17. The fraction of sp³-hybridized carbons (Fsp3) is 0.933. The summed E-state index contributed by atoms with van der Waals surface area (Å²) in [5, 5.41) is 6.60. The van der Waals surface area contributed by atoms with Gasteiger partial charge in [-0.25, -0.2) is 8.42 Å². The van der Waals surface area contributed by atoms with E-state index >= 15 is 0 Å². The first kappa shape index (κ1) is 22.9. The van der Waals surface area contributed by atoms with Gasteiger partial charge in [-0.15, -0.1) is 24.0 Å². The number of nitrogens with zero attached hydrogens (tertiary/aromatic N) is 1. The average molecular weight is 461 g/mol. The molecular weight excluding hydrogens is 429 g/mol. The van der Waals surface area contributed by atoms with Crippen LogP contribution in [-0.2, 0) is 14.6 Å². The fourth-order valence-electron chi connectivity index (χ4n) is 2.32. The number of ether oxygens (including phenoxy) is 1. The number of unbranched alkanes of at least 4 members (excludes halogenated alkanes) is 1. The Kier molecular flexibility index (Phi) is 13.2. The maximum absolute atomic E-state index is 11.5. The number of hydrogen-bond acceptors (Lipinski definition) is 4. The SMILES string of the molecule is CCCCNC(=NCC1CCS(=O)(=O)C1)NCCCOCC.I. The van der Waals surface area contributed by atoms with Crippen LogP contribution in [0.3, 0.4) is 0 Å². The van der Waals surface area contributed by atoms with Crippen molar-refractivity contribution in [1.29, 1.82) is 0 Å². The number of guanidine groups is 1. The molecule has 1 fully saturated rings. The highest BCUT2D eigenvalue weighted by atomic mass is 127. The molecule has 0 radical (unpaired) electrons. The number of hydrogen-bond donors (Lipinski definition) is 2. The number of nitrogens with one attached hydrogen (secondary N) is 2. The highest BCUT2D eigenvalue weighted by Gasteiger charge is 2.27. The zero-order valence-electron chi connectivity index (χ0n) is 14.3. The summed E-state index contributed by atoms with van der Waals surface area (Å²) in [5.41, 5.74) is 0. The third-order valence-electron chi connectivity index (χ3n) is 3.62. The Morgan fingerprint density at radius 3 is 2.48 bits per heavy atom. The smallest absolute Gasteiger partial charge is 0.191 e. The lowest BCUT2D eigenvalue weighted by molar-refractivity contribution is 0.145. The Bertz CT molecular complexity index is 430. The predicted octanol–water partition coefficient (Wildman–Crippen LogP) is 1.80. The van der Waals surface area contributed by atoms with Crippen molar-refractivity contribution in [1.82, 2.24) is 10.6 Å². The minimum atomic E-state index is -2.82. The summed E-state index contributed by atoms with van der Waals surface area (Å²) < 4.78 is 28.3. The predicted molar refractivity (Wildman–Crippen MR) is 107 cm³/mol. The van der Waals surface area contributed by atoms with Crippen molar-refractivity contribution >= 4 is 39.8 Å². The summed E-state index contributed by atoms with van der Waals surface area (Å²) in [6.45, 7) is 7.89. The number of rotatable bonds is 10. The topological polar surface area (TPSA) is 79.8 Å². The first-order valence-electron chi connectivity index (χ1n) is 8.37. The molecule has 0 bridgehead atoms. The summed E-state index contributed by atoms with van der Waals surface area (Å²) in [6, 6.07) is 0. The third-order valence-corrected chi connectivity index (χ3v) is 5.46. The molecule has 0 aromatic heterocycles. The summed E-state index contributed by atoms with van der Waals surface area (Å²) in [6.07, 6.45) is 3.89. The lowest BCUT2D eigenvalue weighted by Crippen LogP contribution is -2.39. The number of halogens is 1. The van der Waals surface area contributed by atoms with E-state index in [-0.39, 0.29) is 35.6 Å². The van der Waals surface area contributed by atoms with Gasteiger partial charge in [0.1, 0.15) is 0 Å². The second-order valence-corrected chi connectivity index (χ2v) is 7.94. The van der Waals surface area contributed by atoms with E-state index < -0.39 is 9.84 Å². The lowest BCUT2D eigenvalue weighted by Gasteiger charge is -2.13. The van der Waals surface area contributed by atoms with E-state index in [2.05, 4.69) is 22.5 Å². The van der Waals surface area contributed by atoms with Crippen LogP contribution in [0.25, 0.3) is 0 Å². The second-order valence-electron chi connectivity index (χ2n) is 5.72. The van der Waals surface area contributed by atoms with E-state index in [4.69, 9.17) is 4.74 Å². The number of sulfone groups is 1. The Morgan fingerprint density at radius 2 is 1.91 bits per heavy atom. The number of aliphatic imine (C=N–C) groups is 1. The van der Waals surface area contributed by atoms with E-state index in [0.717, 1.165) is 57.9 Å². The molecule has 23 heavy (non-hydrogen) atoms. The molecule has 2 N–H and O–H groups in total. The zero-order chi connectivity index (χ0) is 16.3. The molecule has 1 aliphatic heterocycles. The van der Waals surface area contributed by atoms with Crippen LogP contribution in [0.4, 0.5) is 0 Å². The second kappa shape index (κ2) is 13.2. The van der Waals surface area contributed by atoms with E-state index in [1.807, 2.05) is 6.92 Å². The minimum absolute atomic E-state index is 0. The van der Waals surface area contributed by atoms with Crippen molar-refractivity contribution < 1.29 is 13.2 Å². The molecule has 0 aromatic carbocycles. The van der Waals surface area contributed by atoms with Crippen LogP contribution < -0.4 is 10.6 Å². The highest BCUT2D eigenvalue weighted by Crippen LogP contribution is 2.18. The van der Waals surface area contributed by atoms with Crippen LogP contribution in [0, 0.1) is 5.92 Å². The van der Waals surface area contributed by atoms with Gasteiger partial charge < -0.3 is 15.4 Å². The van der Waals surface area contributed by atoms with E-state index in [9.17, 15) is 8.42 Å². The molecule has 0 spiro atoms. The van der Waals surface area contributed by atoms with Gasteiger partial charge in [-0.05, 0) is 32.1 Å². The maximum atomic E-state index is 11.5. The van der Waals surface area contributed by atoms with Crippen LogP contribution in [-0.4, -0.2) is 58.7 Å². The van der Waals surface area contributed by atoms with Crippen LogP contribution in [0.2, 0.25) is 0 Å². The first-order chi connectivity index (χ1) is 10.6. The van der Waals surface area contributed by atoms with Crippen molar-refractivity contribution in [3.05, 3.63) is 0 Å². The standard InChI is InChI=1S/C15H31N3O3S.HI/c1-3-5-8-16-15(17-9-6-10-21-4-2)18-12-14-7-11-22(19,20)13-14;/h14H,3-13H2,1-2H3,(H2,16,17,18);1H. The molecule has 1 heterocycles. The van der Waals surface area contributed by atoms with Gasteiger partial charge in [0.2, 0.25) is 0 Å². The van der Waals surface area contributed by atoms with Gasteiger partial charge in [0.25, 0.3) is 0 Å². The molecule has 6 nitrogen and oxygen atoms in total. The molecule has 8 heteroatoms. The van der Waals surface area contributed by atoms with Crippen LogP contribution in [0.15, 0.2) is 4.99 Å².